The highest BCUT2D eigenvalue weighted by Crippen LogP contribution is 2.28. The molecule has 0 amide bonds. The number of carbonyl (C=O) groups excluding carboxylic acids is 1. The van der Waals surface area contributed by atoms with Crippen molar-refractivity contribution < 1.29 is 33.2 Å². The van der Waals surface area contributed by atoms with E-state index in [9.17, 15) is 4.79 Å². The summed E-state index contributed by atoms with van der Waals surface area (Å²) in [6.07, 6.45) is -2.73. The molecule has 0 saturated carbocycles. The van der Waals surface area contributed by atoms with E-state index in [0.29, 0.717) is 6.61 Å². The van der Waals surface area contributed by atoms with Gasteiger partial charge in [-0.25, -0.2) is 0 Å². The van der Waals surface area contributed by atoms with E-state index in [2.05, 4.69) is 0 Å². The number of hydrogen-bond acceptors (Lipinski definition) is 7. The molecule has 0 aliphatic carbocycles. The van der Waals surface area contributed by atoms with Gasteiger partial charge in [0.15, 0.2) is 12.4 Å². The standard InChI is InChI=1S/C12H22O7/c1-7(13)18-10-9(15-3)8(6-14-2)19-12(17-5)11(10)16-4/h8-12H,6H2,1-5H3/t8-,9+,10+,11-,12+/m1/s1. The summed E-state index contributed by atoms with van der Waals surface area (Å²) in [6.45, 7) is 1.63. The summed E-state index contributed by atoms with van der Waals surface area (Å²) in [6, 6.07) is 0. The van der Waals surface area contributed by atoms with Gasteiger partial charge in [-0.3, -0.25) is 4.79 Å². The van der Waals surface area contributed by atoms with Crippen LogP contribution >= 0.6 is 0 Å². The van der Waals surface area contributed by atoms with Crippen molar-refractivity contribution in [3.05, 3.63) is 0 Å². The van der Waals surface area contributed by atoms with Crippen LogP contribution in [0, 0.1) is 0 Å². The smallest absolute Gasteiger partial charge is 0.303 e. The van der Waals surface area contributed by atoms with Crippen LogP contribution in [0.25, 0.3) is 0 Å². The third-order valence-electron chi connectivity index (χ3n) is 3.00. The Hall–Kier alpha value is -0.730. The molecule has 0 aromatic heterocycles. The second kappa shape index (κ2) is 7.76. The van der Waals surface area contributed by atoms with E-state index in [4.69, 9.17) is 28.4 Å². The first kappa shape index (κ1) is 16.3. The lowest BCUT2D eigenvalue weighted by Crippen LogP contribution is -2.61. The fraction of sp³-hybridized carbons (Fsp3) is 0.917. The molecule has 1 saturated heterocycles. The first-order valence-electron chi connectivity index (χ1n) is 5.99. The van der Waals surface area contributed by atoms with Crippen LogP contribution in [0.15, 0.2) is 0 Å². The molecule has 7 nitrogen and oxygen atoms in total. The monoisotopic (exact) mass is 278 g/mol. The SMILES string of the molecule is COC[C@H]1O[C@H](OC)[C@H](OC)[C@@H](OC(C)=O)[C@H]1OC. The molecule has 0 N–H and O–H groups in total. The van der Waals surface area contributed by atoms with Crippen molar-refractivity contribution in [2.45, 2.75) is 37.6 Å². The van der Waals surface area contributed by atoms with Gasteiger partial charge in [-0.1, -0.05) is 0 Å². The number of carbonyl (C=O) groups is 1. The predicted octanol–water partition coefficient (Wildman–Crippen LogP) is -0.0342. The number of esters is 1. The van der Waals surface area contributed by atoms with E-state index < -0.39 is 36.7 Å². The van der Waals surface area contributed by atoms with Crippen molar-refractivity contribution in [1.29, 1.82) is 0 Å². The summed E-state index contributed by atoms with van der Waals surface area (Å²) in [4.78, 5) is 11.2. The van der Waals surface area contributed by atoms with Gasteiger partial charge >= 0.3 is 5.97 Å². The maximum absolute atomic E-state index is 11.2. The topological polar surface area (TPSA) is 72.5 Å². The molecule has 0 aromatic rings. The minimum Gasteiger partial charge on any atom is -0.457 e. The molecule has 7 heteroatoms. The quantitative estimate of drug-likeness (QED) is 0.631. The molecule has 5 atom stereocenters. The molecule has 0 unspecified atom stereocenters. The summed E-state index contributed by atoms with van der Waals surface area (Å²) < 4.78 is 32.0. The molecule has 1 fully saturated rings. The molecule has 1 aliphatic heterocycles. The van der Waals surface area contributed by atoms with E-state index in [-0.39, 0.29) is 0 Å². The van der Waals surface area contributed by atoms with Crippen LogP contribution in [0.3, 0.4) is 0 Å². The lowest BCUT2D eigenvalue weighted by Gasteiger charge is -2.43. The zero-order chi connectivity index (χ0) is 14.4. The summed E-state index contributed by atoms with van der Waals surface area (Å²) in [5.74, 6) is -0.415. The maximum atomic E-state index is 11.2. The van der Waals surface area contributed by atoms with Crippen LogP contribution in [-0.2, 0) is 33.2 Å². The summed E-state index contributed by atoms with van der Waals surface area (Å²) >= 11 is 0. The van der Waals surface area contributed by atoms with Crippen LogP contribution in [0.4, 0.5) is 0 Å². The van der Waals surface area contributed by atoms with Crippen molar-refractivity contribution in [2.24, 2.45) is 0 Å². The van der Waals surface area contributed by atoms with Crippen LogP contribution in [-0.4, -0.2) is 71.7 Å². The average Bonchev–Trinajstić information content (AvgIpc) is 2.38. The van der Waals surface area contributed by atoms with E-state index in [1.165, 1.54) is 28.3 Å². The van der Waals surface area contributed by atoms with Crippen LogP contribution in [0.2, 0.25) is 0 Å². The van der Waals surface area contributed by atoms with Gasteiger partial charge in [0.25, 0.3) is 0 Å². The largest absolute Gasteiger partial charge is 0.457 e. The minimum absolute atomic E-state index is 0.298. The summed E-state index contributed by atoms with van der Waals surface area (Å²) in [5.41, 5.74) is 0. The molecule has 0 aromatic carbocycles. The highest BCUT2D eigenvalue weighted by molar-refractivity contribution is 5.66. The van der Waals surface area contributed by atoms with E-state index in [0.717, 1.165) is 0 Å². The van der Waals surface area contributed by atoms with Gasteiger partial charge in [-0.05, 0) is 0 Å². The van der Waals surface area contributed by atoms with Crippen molar-refractivity contribution in [3.63, 3.8) is 0 Å². The Morgan fingerprint density at radius 1 is 1.00 bits per heavy atom. The van der Waals surface area contributed by atoms with Gasteiger partial charge in [-0.2, -0.15) is 0 Å². The maximum Gasteiger partial charge on any atom is 0.303 e. The van der Waals surface area contributed by atoms with E-state index >= 15 is 0 Å². The molecule has 0 radical (unpaired) electrons. The average molecular weight is 278 g/mol. The van der Waals surface area contributed by atoms with Gasteiger partial charge in [0, 0.05) is 35.4 Å². The normalized spacial score (nSPS) is 35.1. The van der Waals surface area contributed by atoms with Gasteiger partial charge in [0.1, 0.15) is 18.3 Å². The molecule has 0 bridgehead atoms. The van der Waals surface area contributed by atoms with E-state index in [1.807, 2.05) is 0 Å². The molecule has 0 spiro atoms. The first-order chi connectivity index (χ1) is 9.08. The highest BCUT2D eigenvalue weighted by Gasteiger charge is 2.48. The Bertz CT molecular complexity index is 283. The van der Waals surface area contributed by atoms with Crippen molar-refractivity contribution in [3.8, 4) is 0 Å². The van der Waals surface area contributed by atoms with Crippen molar-refractivity contribution >= 4 is 5.97 Å². The molecule has 19 heavy (non-hydrogen) atoms. The molecular formula is C12H22O7. The lowest BCUT2D eigenvalue weighted by molar-refractivity contribution is -0.305. The third-order valence-corrected chi connectivity index (χ3v) is 3.00. The predicted molar refractivity (Wildman–Crippen MR) is 64.7 cm³/mol. The number of ether oxygens (including phenoxy) is 6. The zero-order valence-corrected chi connectivity index (χ0v) is 12.0. The molecular weight excluding hydrogens is 256 g/mol. The number of rotatable bonds is 6. The Labute approximate surface area is 113 Å². The molecule has 1 aliphatic rings. The van der Waals surface area contributed by atoms with E-state index in [1.54, 1.807) is 7.11 Å². The minimum atomic E-state index is -0.652. The van der Waals surface area contributed by atoms with Gasteiger partial charge in [0.05, 0.1) is 6.61 Å². The summed E-state index contributed by atoms with van der Waals surface area (Å²) in [5, 5.41) is 0. The Kier molecular flexibility index (Phi) is 6.67. The second-order valence-electron chi connectivity index (χ2n) is 4.21. The summed E-state index contributed by atoms with van der Waals surface area (Å²) in [7, 11) is 6.08. The number of hydrogen-bond donors (Lipinski definition) is 0. The zero-order valence-electron chi connectivity index (χ0n) is 12.0. The lowest BCUT2D eigenvalue weighted by atomic mass is 9.98. The van der Waals surface area contributed by atoms with Crippen LogP contribution in [0.5, 0.6) is 0 Å². The van der Waals surface area contributed by atoms with Crippen molar-refractivity contribution in [1.82, 2.24) is 0 Å². The van der Waals surface area contributed by atoms with Crippen molar-refractivity contribution in [2.75, 3.05) is 35.0 Å². The van der Waals surface area contributed by atoms with Gasteiger partial charge < -0.3 is 28.4 Å². The second-order valence-corrected chi connectivity index (χ2v) is 4.21. The number of methoxy groups -OCH3 is 4. The highest BCUT2D eigenvalue weighted by atomic mass is 16.7. The van der Waals surface area contributed by atoms with Crippen LogP contribution in [0.1, 0.15) is 6.92 Å². The molecule has 1 rings (SSSR count). The third kappa shape index (κ3) is 3.87. The van der Waals surface area contributed by atoms with Crippen LogP contribution < -0.4 is 0 Å². The molecule has 1 heterocycles. The first-order valence-corrected chi connectivity index (χ1v) is 5.99. The Balaban J connectivity index is 2.95. The fourth-order valence-electron chi connectivity index (χ4n) is 2.23. The molecule has 112 valence electrons. The van der Waals surface area contributed by atoms with Gasteiger partial charge in [-0.15, -0.1) is 0 Å². The Morgan fingerprint density at radius 3 is 2.05 bits per heavy atom. The Morgan fingerprint density at radius 2 is 1.63 bits per heavy atom. The fourth-order valence-corrected chi connectivity index (χ4v) is 2.23. The van der Waals surface area contributed by atoms with Gasteiger partial charge in [0.2, 0.25) is 0 Å².